The van der Waals surface area contributed by atoms with Crippen LogP contribution in [0, 0.1) is 5.92 Å². The molecule has 0 aliphatic heterocycles. The van der Waals surface area contributed by atoms with Gasteiger partial charge in [-0.05, 0) is 50.0 Å². The average Bonchev–Trinajstić information content (AvgIpc) is 2.29. The highest BCUT2D eigenvalue weighted by Gasteiger charge is 2.03. The maximum absolute atomic E-state index is 6.05. The van der Waals surface area contributed by atoms with Crippen molar-refractivity contribution in [3.63, 3.8) is 0 Å². The monoisotopic (exact) mass is 258 g/mol. The number of hydrogen-bond donors (Lipinski definition) is 2. The SMILES string of the molecule is CNCCC(C)CNSc1ccccc1Cl. The molecule has 0 saturated carbocycles. The Kier molecular flexibility index (Phi) is 6.88. The molecule has 0 heterocycles. The lowest BCUT2D eigenvalue weighted by atomic mass is 10.1. The molecule has 90 valence electrons. The van der Waals surface area contributed by atoms with Gasteiger partial charge in [-0.2, -0.15) is 0 Å². The summed E-state index contributed by atoms with van der Waals surface area (Å²) in [6.45, 7) is 4.31. The molecule has 2 nitrogen and oxygen atoms in total. The fourth-order valence-electron chi connectivity index (χ4n) is 1.28. The smallest absolute Gasteiger partial charge is 0.0555 e. The molecule has 0 spiro atoms. The van der Waals surface area contributed by atoms with Crippen LogP contribution in [0.5, 0.6) is 0 Å². The van der Waals surface area contributed by atoms with E-state index in [4.69, 9.17) is 11.6 Å². The normalized spacial score (nSPS) is 12.7. The van der Waals surface area contributed by atoms with Crippen LogP contribution in [0.15, 0.2) is 29.2 Å². The summed E-state index contributed by atoms with van der Waals surface area (Å²) in [7, 11) is 1.98. The predicted molar refractivity (Wildman–Crippen MR) is 73.0 cm³/mol. The third kappa shape index (κ3) is 5.21. The second kappa shape index (κ2) is 7.96. The number of rotatable bonds is 7. The summed E-state index contributed by atoms with van der Waals surface area (Å²) in [6.07, 6.45) is 1.19. The Morgan fingerprint density at radius 1 is 1.38 bits per heavy atom. The molecule has 0 bridgehead atoms. The van der Waals surface area contributed by atoms with E-state index in [9.17, 15) is 0 Å². The van der Waals surface area contributed by atoms with Crippen molar-refractivity contribution in [1.29, 1.82) is 0 Å². The first kappa shape index (κ1) is 13.8. The van der Waals surface area contributed by atoms with E-state index in [0.29, 0.717) is 5.92 Å². The van der Waals surface area contributed by atoms with Crippen LogP contribution in [0.25, 0.3) is 0 Å². The molecule has 0 fully saturated rings. The lowest BCUT2D eigenvalue weighted by Crippen LogP contribution is -2.19. The van der Waals surface area contributed by atoms with Crippen LogP contribution in [0.1, 0.15) is 13.3 Å². The molecule has 0 radical (unpaired) electrons. The van der Waals surface area contributed by atoms with Gasteiger partial charge in [0.1, 0.15) is 0 Å². The third-order valence-corrected chi connectivity index (χ3v) is 3.67. The molecule has 1 aromatic rings. The average molecular weight is 259 g/mol. The summed E-state index contributed by atoms with van der Waals surface area (Å²) < 4.78 is 3.36. The molecule has 1 rings (SSSR count). The van der Waals surface area contributed by atoms with Crippen LogP contribution in [-0.2, 0) is 0 Å². The van der Waals surface area contributed by atoms with Crippen LogP contribution < -0.4 is 10.0 Å². The Balaban J connectivity index is 2.23. The molecule has 0 saturated heterocycles. The molecule has 1 unspecified atom stereocenters. The number of hydrogen-bond acceptors (Lipinski definition) is 3. The van der Waals surface area contributed by atoms with Gasteiger partial charge < -0.3 is 5.32 Å². The summed E-state index contributed by atoms with van der Waals surface area (Å²) in [5.74, 6) is 0.669. The van der Waals surface area contributed by atoms with E-state index >= 15 is 0 Å². The zero-order valence-electron chi connectivity index (χ0n) is 9.79. The van der Waals surface area contributed by atoms with Crippen molar-refractivity contribution in [2.45, 2.75) is 18.2 Å². The molecular formula is C12H19ClN2S. The van der Waals surface area contributed by atoms with Gasteiger partial charge in [-0.3, -0.25) is 4.72 Å². The number of nitrogens with one attached hydrogen (secondary N) is 2. The van der Waals surface area contributed by atoms with Gasteiger partial charge in [0.15, 0.2) is 0 Å². The van der Waals surface area contributed by atoms with Crippen LogP contribution in [-0.4, -0.2) is 20.1 Å². The predicted octanol–water partition coefficient (Wildman–Crippen LogP) is 3.18. The fraction of sp³-hybridized carbons (Fsp3) is 0.500. The lowest BCUT2D eigenvalue weighted by molar-refractivity contribution is 0.515. The molecule has 0 aromatic heterocycles. The molecule has 4 heteroatoms. The summed E-state index contributed by atoms with van der Waals surface area (Å²) >= 11 is 7.66. The van der Waals surface area contributed by atoms with Gasteiger partial charge in [0, 0.05) is 11.4 Å². The minimum atomic E-state index is 0.669. The molecule has 16 heavy (non-hydrogen) atoms. The van der Waals surface area contributed by atoms with E-state index < -0.39 is 0 Å². The van der Waals surface area contributed by atoms with Gasteiger partial charge in [0.2, 0.25) is 0 Å². The second-order valence-electron chi connectivity index (χ2n) is 3.88. The van der Waals surface area contributed by atoms with Crippen molar-refractivity contribution >= 4 is 23.5 Å². The van der Waals surface area contributed by atoms with E-state index in [0.717, 1.165) is 23.0 Å². The van der Waals surface area contributed by atoms with Crippen LogP contribution in [0.4, 0.5) is 0 Å². The van der Waals surface area contributed by atoms with E-state index in [1.807, 2.05) is 31.3 Å². The molecular weight excluding hydrogens is 240 g/mol. The Morgan fingerprint density at radius 2 is 2.12 bits per heavy atom. The molecule has 0 aliphatic carbocycles. The standard InChI is InChI=1S/C12H19ClN2S/c1-10(7-8-14-2)9-15-16-12-6-4-3-5-11(12)13/h3-6,10,14-15H,7-9H2,1-2H3. The van der Waals surface area contributed by atoms with Crippen molar-refractivity contribution < 1.29 is 0 Å². The lowest BCUT2D eigenvalue weighted by Gasteiger charge is -2.12. The van der Waals surface area contributed by atoms with Gasteiger partial charge in [0.05, 0.1) is 5.02 Å². The summed E-state index contributed by atoms with van der Waals surface area (Å²) in [5, 5.41) is 3.97. The van der Waals surface area contributed by atoms with Gasteiger partial charge in [-0.15, -0.1) is 0 Å². The van der Waals surface area contributed by atoms with E-state index in [-0.39, 0.29) is 0 Å². The highest BCUT2D eigenvalue weighted by atomic mass is 35.5. The fourth-order valence-corrected chi connectivity index (χ4v) is 2.37. The minimum absolute atomic E-state index is 0.669. The van der Waals surface area contributed by atoms with E-state index in [2.05, 4.69) is 17.0 Å². The molecule has 1 atom stereocenters. The van der Waals surface area contributed by atoms with E-state index in [1.165, 1.54) is 6.42 Å². The summed E-state index contributed by atoms with van der Waals surface area (Å²) in [6, 6.07) is 7.89. The highest BCUT2D eigenvalue weighted by molar-refractivity contribution is 7.97. The van der Waals surface area contributed by atoms with Crippen LogP contribution >= 0.6 is 23.5 Å². The molecule has 1 aromatic carbocycles. The summed E-state index contributed by atoms with van der Waals surface area (Å²) in [4.78, 5) is 1.09. The van der Waals surface area contributed by atoms with Crippen molar-refractivity contribution in [1.82, 2.24) is 10.0 Å². The zero-order chi connectivity index (χ0) is 11.8. The molecule has 0 amide bonds. The van der Waals surface area contributed by atoms with Crippen molar-refractivity contribution in [3.05, 3.63) is 29.3 Å². The Morgan fingerprint density at radius 3 is 2.81 bits per heavy atom. The topological polar surface area (TPSA) is 24.1 Å². The number of halogens is 1. The first-order valence-electron chi connectivity index (χ1n) is 5.53. The molecule has 0 aliphatic rings. The third-order valence-electron chi connectivity index (χ3n) is 2.34. The highest BCUT2D eigenvalue weighted by Crippen LogP contribution is 2.24. The van der Waals surface area contributed by atoms with Gasteiger partial charge in [0.25, 0.3) is 0 Å². The largest absolute Gasteiger partial charge is 0.320 e. The first-order valence-corrected chi connectivity index (χ1v) is 6.72. The Bertz CT molecular complexity index is 307. The quantitative estimate of drug-likeness (QED) is 0.735. The maximum Gasteiger partial charge on any atom is 0.0555 e. The summed E-state index contributed by atoms with van der Waals surface area (Å²) in [5.41, 5.74) is 0. The van der Waals surface area contributed by atoms with Crippen molar-refractivity contribution in [3.8, 4) is 0 Å². The van der Waals surface area contributed by atoms with E-state index in [1.54, 1.807) is 11.9 Å². The maximum atomic E-state index is 6.05. The minimum Gasteiger partial charge on any atom is -0.320 e. The Hall–Kier alpha value is -0.220. The number of benzene rings is 1. The second-order valence-corrected chi connectivity index (χ2v) is 5.22. The van der Waals surface area contributed by atoms with Gasteiger partial charge >= 0.3 is 0 Å². The van der Waals surface area contributed by atoms with Crippen LogP contribution in [0.3, 0.4) is 0 Å². The van der Waals surface area contributed by atoms with Gasteiger partial charge in [-0.25, -0.2) is 0 Å². The zero-order valence-corrected chi connectivity index (χ0v) is 11.4. The van der Waals surface area contributed by atoms with Crippen LogP contribution in [0.2, 0.25) is 5.02 Å². The first-order chi connectivity index (χ1) is 7.74. The molecule has 2 N–H and O–H groups in total. The van der Waals surface area contributed by atoms with Crippen molar-refractivity contribution in [2.75, 3.05) is 20.1 Å². The Labute approximate surface area is 107 Å². The van der Waals surface area contributed by atoms with Crippen molar-refractivity contribution in [2.24, 2.45) is 5.92 Å². The van der Waals surface area contributed by atoms with Gasteiger partial charge in [-0.1, -0.05) is 30.7 Å².